The molecular formula is C23H26IN3S. The third-order valence-electron chi connectivity index (χ3n) is 5.88. The van der Waals surface area contributed by atoms with Gasteiger partial charge >= 0.3 is 0 Å². The largest absolute Gasteiger partial charge is 1.00 e. The van der Waals surface area contributed by atoms with Gasteiger partial charge in [0.1, 0.15) is 0 Å². The van der Waals surface area contributed by atoms with Crippen LogP contribution in [0.3, 0.4) is 0 Å². The number of thioether (sulfide) groups is 1. The summed E-state index contributed by atoms with van der Waals surface area (Å²) >= 11 is 1.99. The first-order chi connectivity index (χ1) is 13.3. The predicted octanol–water partition coefficient (Wildman–Crippen LogP) is 1.80. The molecule has 3 heterocycles. The van der Waals surface area contributed by atoms with Crippen LogP contribution < -0.4 is 28.5 Å². The summed E-state index contributed by atoms with van der Waals surface area (Å²) in [5, 5.41) is 4.08. The zero-order chi connectivity index (χ0) is 18.4. The number of hydrogen-bond acceptors (Lipinski definition) is 2. The van der Waals surface area contributed by atoms with Crippen molar-refractivity contribution in [1.29, 1.82) is 0 Å². The number of aryl methyl sites for hydroxylation is 2. The van der Waals surface area contributed by atoms with Crippen LogP contribution in [0.4, 0.5) is 0 Å². The Morgan fingerprint density at radius 2 is 1.86 bits per heavy atom. The SMILES string of the molecule is CCN1CCSC1=CC=C1CCn2c1[n+](CC)c1cc3ccccc3cc12.[I-]. The highest BCUT2D eigenvalue weighted by Crippen LogP contribution is 2.33. The normalized spacial score (nSPS) is 19.1. The first-order valence-corrected chi connectivity index (χ1v) is 11.0. The zero-order valence-electron chi connectivity index (χ0n) is 16.5. The number of halogens is 1. The van der Waals surface area contributed by atoms with Gasteiger partial charge < -0.3 is 28.9 Å². The van der Waals surface area contributed by atoms with Crippen LogP contribution >= 0.6 is 11.8 Å². The van der Waals surface area contributed by atoms with E-state index >= 15 is 0 Å². The van der Waals surface area contributed by atoms with E-state index in [1.54, 1.807) is 0 Å². The lowest BCUT2D eigenvalue weighted by Crippen LogP contribution is -3.00. The van der Waals surface area contributed by atoms with Gasteiger partial charge in [0.05, 0.1) is 18.1 Å². The minimum atomic E-state index is 0. The molecule has 0 saturated carbocycles. The van der Waals surface area contributed by atoms with E-state index in [1.165, 1.54) is 50.5 Å². The Morgan fingerprint density at radius 1 is 1.07 bits per heavy atom. The van der Waals surface area contributed by atoms with E-state index in [9.17, 15) is 0 Å². The van der Waals surface area contributed by atoms with Gasteiger partial charge in [-0.2, -0.15) is 0 Å². The molecular weight excluding hydrogens is 477 g/mol. The summed E-state index contributed by atoms with van der Waals surface area (Å²) in [6, 6.07) is 13.4. The summed E-state index contributed by atoms with van der Waals surface area (Å²) in [5.41, 5.74) is 4.19. The number of allylic oxidation sites excluding steroid dienone is 3. The van der Waals surface area contributed by atoms with Crippen LogP contribution in [-0.4, -0.2) is 28.3 Å². The molecule has 1 aromatic heterocycles. The maximum absolute atomic E-state index is 2.52. The molecule has 3 nitrogen and oxygen atoms in total. The highest BCUT2D eigenvalue weighted by atomic mass is 127. The van der Waals surface area contributed by atoms with Gasteiger partial charge in [0.25, 0.3) is 5.82 Å². The number of rotatable bonds is 3. The second-order valence-corrected chi connectivity index (χ2v) is 8.40. The van der Waals surface area contributed by atoms with Gasteiger partial charge in [0.2, 0.25) is 0 Å². The van der Waals surface area contributed by atoms with Crippen molar-refractivity contribution in [3.8, 4) is 0 Å². The lowest BCUT2D eigenvalue weighted by molar-refractivity contribution is -0.670. The van der Waals surface area contributed by atoms with E-state index < -0.39 is 0 Å². The Labute approximate surface area is 188 Å². The van der Waals surface area contributed by atoms with Crippen molar-refractivity contribution in [2.45, 2.75) is 33.4 Å². The molecule has 5 heteroatoms. The number of fused-ring (bicyclic) bond motifs is 4. The molecule has 2 aliphatic rings. The Hall–Kier alpha value is -1.47. The fourth-order valence-electron chi connectivity index (χ4n) is 4.52. The van der Waals surface area contributed by atoms with Crippen molar-refractivity contribution in [1.82, 2.24) is 9.47 Å². The number of nitrogens with zero attached hydrogens (tertiary/aromatic N) is 3. The van der Waals surface area contributed by atoms with Crippen molar-refractivity contribution in [2.75, 3.05) is 18.8 Å². The summed E-state index contributed by atoms with van der Waals surface area (Å²) in [6.07, 6.45) is 5.85. The fourth-order valence-corrected chi connectivity index (χ4v) is 5.61. The molecule has 0 bridgehead atoms. The molecule has 0 aliphatic carbocycles. The van der Waals surface area contributed by atoms with Gasteiger partial charge in [0, 0.05) is 30.8 Å². The molecule has 0 spiro atoms. The standard InChI is InChI=1S/C23H26N3S.HI/c1-3-24-13-14-27-22(24)10-9-17-11-12-26-21-16-19-8-6-5-7-18(19)15-20(21)25(4-2)23(17)26;/h5-10,15-16H,3-4,11-14H2,1-2H3;1H/q+1;/p-1. The van der Waals surface area contributed by atoms with E-state index in [0.717, 1.165) is 26.1 Å². The number of aromatic nitrogens is 2. The summed E-state index contributed by atoms with van der Waals surface area (Å²) in [6.45, 7) is 8.87. The van der Waals surface area contributed by atoms with E-state index in [4.69, 9.17) is 0 Å². The van der Waals surface area contributed by atoms with Crippen molar-refractivity contribution in [2.24, 2.45) is 0 Å². The summed E-state index contributed by atoms with van der Waals surface area (Å²) in [5.74, 6) is 2.61. The molecule has 28 heavy (non-hydrogen) atoms. The van der Waals surface area contributed by atoms with E-state index in [2.05, 4.69) is 76.4 Å². The number of imidazole rings is 1. The van der Waals surface area contributed by atoms with Crippen LogP contribution in [0.25, 0.3) is 27.4 Å². The zero-order valence-corrected chi connectivity index (χ0v) is 19.5. The van der Waals surface area contributed by atoms with Gasteiger partial charge in [-0.05, 0) is 48.9 Å². The maximum Gasteiger partial charge on any atom is 0.285 e. The van der Waals surface area contributed by atoms with Crippen molar-refractivity contribution in [3.63, 3.8) is 0 Å². The van der Waals surface area contributed by atoms with E-state index in [1.807, 2.05) is 11.8 Å². The summed E-state index contributed by atoms with van der Waals surface area (Å²) in [7, 11) is 0. The van der Waals surface area contributed by atoms with Crippen molar-refractivity contribution >= 4 is 39.1 Å². The first-order valence-electron chi connectivity index (χ1n) is 10.0. The van der Waals surface area contributed by atoms with Crippen LogP contribution in [0.2, 0.25) is 0 Å². The Morgan fingerprint density at radius 3 is 2.61 bits per heavy atom. The molecule has 146 valence electrons. The minimum absolute atomic E-state index is 0. The average Bonchev–Trinajstić information content (AvgIpc) is 3.39. The number of benzene rings is 2. The van der Waals surface area contributed by atoms with Crippen molar-refractivity contribution < 1.29 is 28.5 Å². The van der Waals surface area contributed by atoms with Gasteiger partial charge in [-0.25, -0.2) is 9.13 Å². The van der Waals surface area contributed by atoms with E-state index in [0.29, 0.717) is 0 Å². The predicted molar refractivity (Wildman–Crippen MR) is 116 cm³/mol. The lowest BCUT2D eigenvalue weighted by Gasteiger charge is -2.15. The number of hydrogen-bond donors (Lipinski definition) is 0. The first kappa shape index (κ1) is 19.8. The molecule has 5 rings (SSSR count). The third-order valence-corrected chi connectivity index (χ3v) is 6.95. The van der Waals surface area contributed by atoms with Gasteiger partial charge in [-0.15, -0.1) is 11.8 Å². The quantitative estimate of drug-likeness (QED) is 0.400. The molecule has 3 aromatic rings. The minimum Gasteiger partial charge on any atom is -1.00 e. The second kappa shape index (κ2) is 8.11. The second-order valence-electron chi connectivity index (χ2n) is 7.28. The molecule has 1 fully saturated rings. The molecule has 0 radical (unpaired) electrons. The summed E-state index contributed by atoms with van der Waals surface area (Å²) < 4.78 is 5.02. The Balaban J connectivity index is 0.00000192. The average molecular weight is 503 g/mol. The lowest BCUT2D eigenvalue weighted by atomic mass is 10.1. The molecule has 0 amide bonds. The topological polar surface area (TPSA) is 12.1 Å². The van der Waals surface area contributed by atoms with Gasteiger partial charge in [-0.1, -0.05) is 24.3 Å². The fraction of sp³-hybridized carbons (Fsp3) is 0.348. The molecule has 0 unspecified atom stereocenters. The molecule has 1 saturated heterocycles. The molecule has 0 atom stereocenters. The molecule has 2 aromatic carbocycles. The smallest absolute Gasteiger partial charge is 0.285 e. The van der Waals surface area contributed by atoms with Crippen LogP contribution in [0.1, 0.15) is 26.1 Å². The van der Waals surface area contributed by atoms with Crippen molar-refractivity contribution in [3.05, 3.63) is 59.4 Å². The monoisotopic (exact) mass is 503 g/mol. The maximum atomic E-state index is 2.52. The third kappa shape index (κ3) is 3.16. The Bertz CT molecular complexity index is 1060. The highest BCUT2D eigenvalue weighted by molar-refractivity contribution is 8.03. The van der Waals surface area contributed by atoms with Gasteiger partial charge in [-0.3, -0.25) is 0 Å². The van der Waals surface area contributed by atoms with Crippen LogP contribution in [0.15, 0.2) is 53.6 Å². The Kier molecular flexibility index (Phi) is 5.74. The highest BCUT2D eigenvalue weighted by Gasteiger charge is 2.32. The molecule has 2 aliphatic heterocycles. The summed E-state index contributed by atoms with van der Waals surface area (Å²) in [4.78, 5) is 2.48. The van der Waals surface area contributed by atoms with Gasteiger partial charge in [0.15, 0.2) is 11.0 Å². The molecule has 0 N–H and O–H groups in total. The van der Waals surface area contributed by atoms with Crippen LogP contribution in [0, 0.1) is 0 Å². The van der Waals surface area contributed by atoms with E-state index in [-0.39, 0.29) is 24.0 Å². The van der Waals surface area contributed by atoms with Crippen LogP contribution in [0.5, 0.6) is 0 Å². The van der Waals surface area contributed by atoms with Crippen LogP contribution in [-0.2, 0) is 13.1 Å².